The van der Waals surface area contributed by atoms with Gasteiger partial charge in [-0.05, 0) is 55.1 Å². The highest BCUT2D eigenvalue weighted by Crippen LogP contribution is 2.40. The maximum absolute atomic E-state index is 6.45. The van der Waals surface area contributed by atoms with E-state index in [0.29, 0.717) is 6.04 Å². The Hall–Kier alpha value is -1.51. The molecule has 3 rings (SSSR count). The van der Waals surface area contributed by atoms with Gasteiger partial charge in [-0.25, -0.2) is 0 Å². The van der Waals surface area contributed by atoms with Crippen molar-refractivity contribution in [3.8, 4) is 16.9 Å². The van der Waals surface area contributed by atoms with E-state index in [1.54, 1.807) is 7.11 Å². The zero-order valence-corrected chi connectivity index (χ0v) is 13.2. The van der Waals surface area contributed by atoms with Crippen molar-refractivity contribution in [3.05, 3.63) is 52.5 Å². The molecule has 0 amide bonds. The molecule has 2 aromatic rings. The van der Waals surface area contributed by atoms with Crippen molar-refractivity contribution in [2.24, 2.45) is 0 Å². The number of methoxy groups -OCH3 is 1. The van der Waals surface area contributed by atoms with E-state index in [4.69, 9.17) is 16.3 Å². The summed E-state index contributed by atoms with van der Waals surface area (Å²) in [5.41, 5.74) is 5.06. The Labute approximate surface area is 131 Å². The largest absolute Gasteiger partial charge is 0.496 e. The zero-order valence-electron chi connectivity index (χ0n) is 12.4. The van der Waals surface area contributed by atoms with E-state index in [9.17, 15) is 0 Å². The third kappa shape index (κ3) is 2.66. The maximum atomic E-state index is 6.45. The summed E-state index contributed by atoms with van der Waals surface area (Å²) in [6, 6.07) is 12.9. The third-order valence-corrected chi connectivity index (χ3v) is 4.67. The molecule has 1 aliphatic carbocycles. The van der Waals surface area contributed by atoms with Crippen molar-refractivity contribution in [3.63, 3.8) is 0 Å². The first-order valence-corrected chi connectivity index (χ1v) is 7.73. The SMILES string of the molecule is CNC1CCc2c(cccc2-c2c(Cl)cccc2OC)C1. The highest BCUT2D eigenvalue weighted by atomic mass is 35.5. The normalized spacial score (nSPS) is 17.4. The lowest BCUT2D eigenvalue weighted by Crippen LogP contribution is -2.31. The summed E-state index contributed by atoms with van der Waals surface area (Å²) in [5.74, 6) is 0.839. The summed E-state index contributed by atoms with van der Waals surface area (Å²) < 4.78 is 5.52. The third-order valence-electron chi connectivity index (χ3n) is 4.36. The summed E-state index contributed by atoms with van der Waals surface area (Å²) >= 11 is 6.45. The molecule has 1 N–H and O–H groups in total. The minimum atomic E-state index is 0.570. The maximum Gasteiger partial charge on any atom is 0.128 e. The number of likely N-dealkylation sites (N-methyl/N-ethyl adjacent to an activating group) is 1. The van der Waals surface area contributed by atoms with Crippen molar-refractivity contribution in [2.75, 3.05) is 14.2 Å². The molecule has 21 heavy (non-hydrogen) atoms. The van der Waals surface area contributed by atoms with Gasteiger partial charge in [-0.1, -0.05) is 35.9 Å². The van der Waals surface area contributed by atoms with Crippen LogP contribution in [0.1, 0.15) is 17.5 Å². The fourth-order valence-corrected chi connectivity index (χ4v) is 3.49. The minimum absolute atomic E-state index is 0.570. The molecule has 0 radical (unpaired) electrons. The fraction of sp³-hybridized carbons (Fsp3) is 0.333. The van der Waals surface area contributed by atoms with Gasteiger partial charge in [0.2, 0.25) is 0 Å². The molecule has 0 spiro atoms. The van der Waals surface area contributed by atoms with Crippen LogP contribution >= 0.6 is 11.6 Å². The molecule has 1 atom stereocenters. The van der Waals surface area contributed by atoms with Gasteiger partial charge in [-0.3, -0.25) is 0 Å². The molecule has 3 heteroatoms. The van der Waals surface area contributed by atoms with Crippen LogP contribution in [0.5, 0.6) is 5.75 Å². The van der Waals surface area contributed by atoms with E-state index in [-0.39, 0.29) is 0 Å². The van der Waals surface area contributed by atoms with Crippen LogP contribution in [-0.4, -0.2) is 20.2 Å². The number of nitrogens with one attached hydrogen (secondary N) is 1. The van der Waals surface area contributed by atoms with Gasteiger partial charge in [0, 0.05) is 11.6 Å². The number of halogens is 1. The van der Waals surface area contributed by atoms with Crippen LogP contribution in [0.2, 0.25) is 5.02 Å². The van der Waals surface area contributed by atoms with Crippen LogP contribution in [0.3, 0.4) is 0 Å². The predicted molar refractivity (Wildman–Crippen MR) is 88.3 cm³/mol. The van der Waals surface area contributed by atoms with Crippen LogP contribution in [0, 0.1) is 0 Å². The summed E-state index contributed by atoms with van der Waals surface area (Å²) in [4.78, 5) is 0. The second-order valence-electron chi connectivity index (χ2n) is 5.49. The van der Waals surface area contributed by atoms with Crippen molar-refractivity contribution < 1.29 is 4.74 Å². The monoisotopic (exact) mass is 301 g/mol. The second kappa shape index (κ2) is 6.08. The number of ether oxygens (including phenoxy) is 1. The Balaban J connectivity index is 2.13. The van der Waals surface area contributed by atoms with E-state index in [2.05, 4.69) is 23.5 Å². The van der Waals surface area contributed by atoms with Gasteiger partial charge in [-0.15, -0.1) is 0 Å². The first-order valence-electron chi connectivity index (χ1n) is 7.35. The van der Waals surface area contributed by atoms with E-state index in [1.165, 1.54) is 16.7 Å². The minimum Gasteiger partial charge on any atom is -0.496 e. The molecule has 110 valence electrons. The first-order chi connectivity index (χ1) is 10.2. The lowest BCUT2D eigenvalue weighted by atomic mass is 9.83. The fourth-order valence-electron chi connectivity index (χ4n) is 3.22. The van der Waals surface area contributed by atoms with Gasteiger partial charge in [0.1, 0.15) is 5.75 Å². The first kappa shape index (κ1) is 14.4. The standard InChI is InChI=1S/C18H20ClNO/c1-20-13-9-10-14-12(11-13)5-3-6-15(14)18-16(19)7-4-8-17(18)21-2/h3-8,13,20H,9-11H2,1-2H3. The van der Waals surface area contributed by atoms with Crippen LogP contribution in [0.15, 0.2) is 36.4 Å². The Kier molecular flexibility index (Phi) is 4.18. The summed E-state index contributed by atoms with van der Waals surface area (Å²) in [6.07, 6.45) is 3.31. The number of hydrogen-bond acceptors (Lipinski definition) is 2. The van der Waals surface area contributed by atoms with E-state index in [1.807, 2.05) is 25.2 Å². The molecule has 0 heterocycles. The van der Waals surface area contributed by atoms with Gasteiger partial charge in [0.15, 0.2) is 0 Å². The number of rotatable bonds is 3. The molecule has 2 aromatic carbocycles. The summed E-state index contributed by atoms with van der Waals surface area (Å²) in [5, 5.41) is 4.14. The molecule has 0 fully saturated rings. The molecule has 1 unspecified atom stereocenters. The van der Waals surface area contributed by atoms with Gasteiger partial charge >= 0.3 is 0 Å². The van der Waals surface area contributed by atoms with Crippen LogP contribution in [0.25, 0.3) is 11.1 Å². The Bertz CT molecular complexity index is 654. The molecule has 0 saturated heterocycles. The molecule has 0 saturated carbocycles. The van der Waals surface area contributed by atoms with E-state index in [0.717, 1.165) is 35.6 Å². The molecular weight excluding hydrogens is 282 g/mol. The number of fused-ring (bicyclic) bond motifs is 1. The summed E-state index contributed by atoms with van der Waals surface area (Å²) in [7, 11) is 3.73. The Morgan fingerprint density at radius 2 is 2.00 bits per heavy atom. The molecule has 1 aliphatic rings. The van der Waals surface area contributed by atoms with Crippen molar-refractivity contribution in [1.29, 1.82) is 0 Å². The average molecular weight is 302 g/mol. The van der Waals surface area contributed by atoms with Gasteiger partial charge in [0.25, 0.3) is 0 Å². The lowest BCUT2D eigenvalue weighted by molar-refractivity contribution is 0.416. The predicted octanol–water partition coefficient (Wildman–Crippen LogP) is 4.09. The highest BCUT2D eigenvalue weighted by molar-refractivity contribution is 6.33. The Morgan fingerprint density at radius 3 is 2.76 bits per heavy atom. The highest BCUT2D eigenvalue weighted by Gasteiger charge is 2.22. The lowest BCUT2D eigenvalue weighted by Gasteiger charge is -2.27. The number of benzene rings is 2. The van der Waals surface area contributed by atoms with Crippen molar-refractivity contribution in [2.45, 2.75) is 25.3 Å². The molecule has 0 bridgehead atoms. The van der Waals surface area contributed by atoms with Gasteiger partial charge in [0.05, 0.1) is 12.1 Å². The topological polar surface area (TPSA) is 21.3 Å². The molecule has 0 aliphatic heterocycles. The summed E-state index contributed by atoms with van der Waals surface area (Å²) in [6.45, 7) is 0. The van der Waals surface area contributed by atoms with E-state index < -0.39 is 0 Å². The second-order valence-corrected chi connectivity index (χ2v) is 5.90. The van der Waals surface area contributed by atoms with Gasteiger partial charge in [-0.2, -0.15) is 0 Å². The van der Waals surface area contributed by atoms with Crippen molar-refractivity contribution >= 4 is 11.6 Å². The number of hydrogen-bond donors (Lipinski definition) is 1. The molecule has 2 nitrogen and oxygen atoms in total. The smallest absolute Gasteiger partial charge is 0.128 e. The zero-order chi connectivity index (χ0) is 14.8. The molecular formula is C18H20ClNO. The van der Waals surface area contributed by atoms with Crippen LogP contribution in [0.4, 0.5) is 0 Å². The van der Waals surface area contributed by atoms with Gasteiger partial charge < -0.3 is 10.1 Å². The van der Waals surface area contributed by atoms with E-state index >= 15 is 0 Å². The average Bonchev–Trinajstić information content (AvgIpc) is 2.53. The molecule has 0 aromatic heterocycles. The van der Waals surface area contributed by atoms with Crippen molar-refractivity contribution in [1.82, 2.24) is 5.32 Å². The quantitative estimate of drug-likeness (QED) is 0.922. The van der Waals surface area contributed by atoms with Crippen LogP contribution < -0.4 is 10.1 Å². The Morgan fingerprint density at radius 1 is 1.19 bits per heavy atom. The van der Waals surface area contributed by atoms with Crippen LogP contribution in [-0.2, 0) is 12.8 Å².